The van der Waals surface area contributed by atoms with Crippen molar-refractivity contribution in [3.05, 3.63) is 96.6 Å². The lowest BCUT2D eigenvalue weighted by atomic mass is 9.75. The lowest BCUT2D eigenvalue weighted by molar-refractivity contribution is -0.163. The van der Waals surface area contributed by atoms with E-state index in [1.807, 2.05) is 54.6 Å². The molecule has 0 radical (unpaired) electrons. The molecule has 11 heteroatoms. The highest BCUT2D eigenvalue weighted by Crippen LogP contribution is 2.45. The number of carbonyl (C=O) groups excluding carboxylic acids is 2. The van der Waals surface area contributed by atoms with Gasteiger partial charge in [0.15, 0.2) is 23.0 Å². The molecular formula is C48H63NO10. The molecule has 3 atom stereocenters. The number of amides is 1. The maximum absolute atomic E-state index is 15.2. The summed E-state index contributed by atoms with van der Waals surface area (Å²) in [5, 5.41) is 0. The highest BCUT2D eigenvalue weighted by atomic mass is 16.6. The second-order valence-corrected chi connectivity index (χ2v) is 15.1. The Kier molecular flexibility index (Phi) is 17.8. The van der Waals surface area contributed by atoms with Crippen molar-refractivity contribution in [1.29, 1.82) is 0 Å². The Hall–Kier alpha value is -5.16. The van der Waals surface area contributed by atoms with Gasteiger partial charge in [0.05, 0.1) is 54.2 Å². The highest BCUT2D eigenvalue weighted by Gasteiger charge is 2.41. The molecule has 1 amide bonds. The van der Waals surface area contributed by atoms with Gasteiger partial charge in [-0.3, -0.25) is 4.79 Å². The SMILES string of the molecule is C=CCOCCCOc1c(OC)cc(C(C(=O)N2CCCC[C@@H]2C(=O)OC(CCc2ccc(OC)c(OC)c2)c2cccc(OCC=C)c2)C2CCCCC2)cc1OC. The van der Waals surface area contributed by atoms with Gasteiger partial charge in [0, 0.05) is 13.0 Å². The van der Waals surface area contributed by atoms with Gasteiger partial charge in [0.25, 0.3) is 0 Å². The van der Waals surface area contributed by atoms with Gasteiger partial charge in [0.2, 0.25) is 11.7 Å². The van der Waals surface area contributed by atoms with Crippen molar-refractivity contribution in [3.8, 4) is 34.5 Å². The molecule has 2 aliphatic rings. The lowest BCUT2D eigenvalue weighted by Gasteiger charge is -2.40. The Bertz CT molecular complexity index is 1800. The second-order valence-electron chi connectivity index (χ2n) is 15.1. The topological polar surface area (TPSA) is 111 Å². The number of ether oxygens (including phenoxy) is 8. The highest BCUT2D eigenvalue weighted by molar-refractivity contribution is 5.89. The predicted octanol–water partition coefficient (Wildman–Crippen LogP) is 9.22. The Labute approximate surface area is 350 Å². The van der Waals surface area contributed by atoms with Crippen LogP contribution in [-0.4, -0.2) is 84.2 Å². The Morgan fingerprint density at radius 3 is 2.15 bits per heavy atom. The van der Waals surface area contributed by atoms with Gasteiger partial charge in [-0.15, -0.1) is 6.58 Å². The zero-order valence-electron chi connectivity index (χ0n) is 35.4. The predicted molar refractivity (Wildman–Crippen MR) is 228 cm³/mol. The average molecular weight is 814 g/mol. The summed E-state index contributed by atoms with van der Waals surface area (Å²) < 4.78 is 46.8. The number of aryl methyl sites for hydroxylation is 1. The van der Waals surface area contributed by atoms with Crippen molar-refractivity contribution >= 4 is 11.9 Å². The first-order valence-electron chi connectivity index (χ1n) is 21.0. The van der Waals surface area contributed by atoms with Crippen LogP contribution in [0.4, 0.5) is 0 Å². The zero-order chi connectivity index (χ0) is 42.0. The Balaban J connectivity index is 1.42. The molecule has 1 aliphatic carbocycles. The Morgan fingerprint density at radius 1 is 0.746 bits per heavy atom. The molecule has 320 valence electrons. The van der Waals surface area contributed by atoms with E-state index in [1.54, 1.807) is 45.5 Å². The minimum Gasteiger partial charge on any atom is -0.493 e. The monoisotopic (exact) mass is 813 g/mol. The fraction of sp³-hybridized carbons (Fsp3) is 0.500. The number of hydrogen-bond donors (Lipinski definition) is 0. The maximum atomic E-state index is 15.2. The third-order valence-electron chi connectivity index (χ3n) is 11.2. The van der Waals surface area contributed by atoms with Crippen LogP contribution in [0.15, 0.2) is 79.9 Å². The molecule has 0 N–H and O–H groups in total. The van der Waals surface area contributed by atoms with Crippen LogP contribution in [0.3, 0.4) is 0 Å². The quantitative estimate of drug-likeness (QED) is 0.0522. The maximum Gasteiger partial charge on any atom is 0.329 e. The molecule has 11 nitrogen and oxygen atoms in total. The number of carbonyl (C=O) groups is 2. The fourth-order valence-electron chi connectivity index (χ4n) is 8.23. The smallest absolute Gasteiger partial charge is 0.329 e. The fourth-order valence-corrected chi connectivity index (χ4v) is 8.23. The Morgan fingerprint density at radius 2 is 1.46 bits per heavy atom. The number of piperidine rings is 1. The van der Waals surface area contributed by atoms with Gasteiger partial charge < -0.3 is 42.8 Å². The van der Waals surface area contributed by atoms with Crippen LogP contribution in [0.2, 0.25) is 0 Å². The van der Waals surface area contributed by atoms with Crippen molar-refractivity contribution in [2.24, 2.45) is 5.92 Å². The van der Waals surface area contributed by atoms with Crippen LogP contribution < -0.4 is 28.4 Å². The molecule has 1 heterocycles. The molecule has 1 saturated heterocycles. The van der Waals surface area contributed by atoms with E-state index in [-0.39, 0.29) is 11.8 Å². The van der Waals surface area contributed by atoms with E-state index in [2.05, 4.69) is 13.2 Å². The molecule has 0 aromatic heterocycles. The first-order valence-corrected chi connectivity index (χ1v) is 21.0. The third kappa shape index (κ3) is 12.2. The van der Waals surface area contributed by atoms with Crippen LogP contribution >= 0.6 is 0 Å². The number of benzene rings is 3. The molecule has 59 heavy (non-hydrogen) atoms. The lowest BCUT2D eigenvalue weighted by Crippen LogP contribution is -2.51. The number of rotatable bonds is 23. The molecule has 0 spiro atoms. The van der Waals surface area contributed by atoms with E-state index in [9.17, 15) is 4.79 Å². The van der Waals surface area contributed by atoms with Crippen molar-refractivity contribution in [1.82, 2.24) is 4.90 Å². The number of hydrogen-bond acceptors (Lipinski definition) is 10. The molecule has 2 unspecified atom stereocenters. The van der Waals surface area contributed by atoms with Gasteiger partial charge >= 0.3 is 5.97 Å². The normalized spacial score (nSPS) is 16.6. The first-order chi connectivity index (χ1) is 28.8. The summed E-state index contributed by atoms with van der Waals surface area (Å²) in [5.41, 5.74) is 2.60. The second kappa shape index (κ2) is 23.4. The summed E-state index contributed by atoms with van der Waals surface area (Å²) in [7, 11) is 6.40. The van der Waals surface area contributed by atoms with Crippen molar-refractivity contribution in [2.45, 2.75) is 88.7 Å². The summed E-state index contributed by atoms with van der Waals surface area (Å²) in [4.78, 5) is 31.5. The van der Waals surface area contributed by atoms with E-state index < -0.39 is 24.0 Å². The summed E-state index contributed by atoms with van der Waals surface area (Å²) in [6.07, 6.45) is 11.7. The van der Waals surface area contributed by atoms with Crippen LogP contribution in [0.5, 0.6) is 34.5 Å². The number of methoxy groups -OCH3 is 4. The third-order valence-corrected chi connectivity index (χ3v) is 11.2. The van der Waals surface area contributed by atoms with E-state index in [1.165, 1.54) is 0 Å². The number of likely N-dealkylation sites (tertiary alicyclic amines) is 1. The minimum absolute atomic E-state index is 0.0719. The van der Waals surface area contributed by atoms with Gasteiger partial charge in [0.1, 0.15) is 24.5 Å². The van der Waals surface area contributed by atoms with Gasteiger partial charge in [-0.25, -0.2) is 4.79 Å². The molecular weight excluding hydrogens is 751 g/mol. The minimum atomic E-state index is -0.735. The summed E-state index contributed by atoms with van der Waals surface area (Å²) in [6.45, 7) is 9.67. The van der Waals surface area contributed by atoms with E-state index in [0.29, 0.717) is 93.2 Å². The summed E-state index contributed by atoms with van der Waals surface area (Å²) >= 11 is 0. The van der Waals surface area contributed by atoms with Crippen molar-refractivity contribution in [3.63, 3.8) is 0 Å². The molecule has 5 rings (SSSR count). The van der Waals surface area contributed by atoms with Crippen molar-refractivity contribution < 1.29 is 47.5 Å². The van der Waals surface area contributed by atoms with Gasteiger partial charge in [-0.1, -0.05) is 56.2 Å². The van der Waals surface area contributed by atoms with Gasteiger partial charge in [-0.05, 0) is 104 Å². The number of esters is 1. The average Bonchev–Trinajstić information content (AvgIpc) is 3.28. The van der Waals surface area contributed by atoms with Gasteiger partial charge in [-0.2, -0.15) is 0 Å². The van der Waals surface area contributed by atoms with Crippen LogP contribution in [0.1, 0.15) is 92.9 Å². The summed E-state index contributed by atoms with van der Waals surface area (Å²) in [6, 6.07) is 16.5. The molecule has 0 bridgehead atoms. The molecule has 3 aromatic rings. The van der Waals surface area contributed by atoms with Crippen LogP contribution in [0.25, 0.3) is 0 Å². The molecule has 1 aliphatic heterocycles. The summed E-state index contributed by atoms with van der Waals surface area (Å²) in [5.74, 6) is 2.49. The molecule has 1 saturated carbocycles. The molecule has 3 aromatic carbocycles. The number of nitrogens with zero attached hydrogens (tertiary/aromatic N) is 1. The van der Waals surface area contributed by atoms with Crippen LogP contribution in [0, 0.1) is 5.92 Å². The van der Waals surface area contributed by atoms with Crippen molar-refractivity contribution in [2.75, 3.05) is 61.4 Å². The zero-order valence-corrected chi connectivity index (χ0v) is 35.4. The largest absolute Gasteiger partial charge is 0.493 e. The van der Waals surface area contributed by atoms with E-state index in [4.69, 9.17) is 37.9 Å². The van der Waals surface area contributed by atoms with E-state index in [0.717, 1.165) is 61.6 Å². The molecule has 2 fully saturated rings. The standard InChI is InChI=1S/C48H63NO10/c1-7-26-56-28-15-29-58-46-43(54-5)32-37(33-44(46)55-6)45(35-16-10-9-11-17-35)47(50)49-25-13-12-20-39(49)48(51)59-40(36-18-14-19-38(31-36)57-27-8-2)23-21-34-22-24-41(52-3)42(30-34)53-4/h7-8,14,18-19,22,24,30-33,35,39-40,45H,1-2,9-13,15-17,20-21,23,25-29H2,3-6H3/t39-,40?,45?/m1/s1. The van der Waals surface area contributed by atoms with Crippen LogP contribution in [-0.2, 0) is 25.5 Å². The van der Waals surface area contributed by atoms with E-state index >= 15 is 4.79 Å². The first kappa shape index (κ1) is 44.9.